The predicted molar refractivity (Wildman–Crippen MR) is 132 cm³/mol. The minimum absolute atomic E-state index is 0.00253. The van der Waals surface area contributed by atoms with E-state index in [2.05, 4.69) is 20.4 Å². The molecule has 0 bridgehead atoms. The Morgan fingerprint density at radius 3 is 2.63 bits per heavy atom. The van der Waals surface area contributed by atoms with Crippen LogP contribution in [0.25, 0.3) is 0 Å². The highest BCUT2D eigenvalue weighted by atomic mass is 16.7. The second kappa shape index (κ2) is 9.85. The molecular formula is C29H42NO5+. The van der Waals surface area contributed by atoms with Crippen molar-refractivity contribution in [2.45, 2.75) is 90.6 Å². The number of carboxylic acids is 1. The van der Waals surface area contributed by atoms with E-state index in [1.54, 1.807) is 17.0 Å². The largest absolute Gasteiger partial charge is 0.493 e. The average Bonchev–Trinajstić information content (AvgIpc) is 3.36. The van der Waals surface area contributed by atoms with Crippen molar-refractivity contribution in [3.8, 4) is 5.75 Å². The summed E-state index contributed by atoms with van der Waals surface area (Å²) >= 11 is 0. The number of hydrogen-bond acceptors (Lipinski definition) is 4. The van der Waals surface area contributed by atoms with Gasteiger partial charge in [0.25, 0.3) is 0 Å². The van der Waals surface area contributed by atoms with E-state index in [9.17, 15) is 4.79 Å². The van der Waals surface area contributed by atoms with E-state index < -0.39 is 5.97 Å². The van der Waals surface area contributed by atoms with E-state index in [4.69, 9.17) is 19.3 Å². The van der Waals surface area contributed by atoms with E-state index in [-0.39, 0.29) is 23.7 Å². The summed E-state index contributed by atoms with van der Waals surface area (Å²) in [5, 5.41) is 8.94. The maximum atomic E-state index is 10.9. The summed E-state index contributed by atoms with van der Waals surface area (Å²) in [6, 6.07) is 3.68. The maximum absolute atomic E-state index is 10.9. The van der Waals surface area contributed by atoms with Gasteiger partial charge in [0.15, 0.2) is 18.7 Å². The summed E-state index contributed by atoms with van der Waals surface area (Å²) in [5.74, 6) is 1.49. The van der Waals surface area contributed by atoms with Crippen molar-refractivity contribution < 1.29 is 28.7 Å². The Kier molecular flexibility index (Phi) is 6.97. The van der Waals surface area contributed by atoms with Gasteiger partial charge < -0.3 is 19.3 Å². The smallest absolute Gasteiger partial charge is 0.370 e. The van der Waals surface area contributed by atoms with Crippen molar-refractivity contribution in [2.75, 3.05) is 13.2 Å². The summed E-state index contributed by atoms with van der Waals surface area (Å²) in [6.45, 7) is 10.8. The highest BCUT2D eigenvalue weighted by Gasteiger charge is 2.60. The van der Waals surface area contributed by atoms with Crippen LogP contribution in [0.3, 0.4) is 0 Å². The SMILES string of the molecule is C=C1CCC2[C@]3(C)CO[C@@H](C4CCCC4)O[C@@H]3CC[C@@]2(C)[C@@H]1CCOc1cc[n+](CC(=O)O)cc1. The lowest BCUT2D eigenvalue weighted by Crippen LogP contribution is -2.62. The fourth-order valence-electron chi connectivity index (χ4n) is 7.96. The van der Waals surface area contributed by atoms with Crippen molar-refractivity contribution >= 4 is 5.97 Å². The lowest BCUT2D eigenvalue weighted by molar-refractivity contribution is -0.685. The van der Waals surface area contributed by atoms with Crippen LogP contribution < -0.4 is 9.30 Å². The van der Waals surface area contributed by atoms with Gasteiger partial charge in [-0.3, -0.25) is 0 Å². The molecule has 6 nitrogen and oxygen atoms in total. The third-order valence-electron chi connectivity index (χ3n) is 9.81. The number of carboxylic acid groups (broad SMARTS) is 1. The number of hydrogen-bond donors (Lipinski definition) is 1. The van der Waals surface area contributed by atoms with Crippen molar-refractivity contribution in [1.29, 1.82) is 0 Å². The normalized spacial score (nSPS) is 37.5. The molecule has 1 saturated heterocycles. The van der Waals surface area contributed by atoms with Gasteiger partial charge in [-0.2, -0.15) is 4.57 Å². The molecular weight excluding hydrogens is 442 g/mol. The Balaban J connectivity index is 1.23. The Bertz CT molecular complexity index is 926. The van der Waals surface area contributed by atoms with Crippen molar-refractivity contribution in [3.05, 3.63) is 36.7 Å². The highest BCUT2D eigenvalue weighted by Crippen LogP contribution is 2.63. The number of aromatic nitrogens is 1. The first-order valence-electron chi connectivity index (χ1n) is 13.6. The number of carbonyl (C=O) groups is 1. The van der Waals surface area contributed by atoms with E-state index in [1.807, 2.05) is 12.1 Å². The maximum Gasteiger partial charge on any atom is 0.370 e. The number of ether oxygens (including phenoxy) is 3. The van der Waals surface area contributed by atoms with E-state index in [1.165, 1.54) is 44.1 Å². The lowest BCUT2D eigenvalue weighted by Gasteiger charge is -2.63. The fourth-order valence-corrected chi connectivity index (χ4v) is 7.96. The molecule has 4 fully saturated rings. The standard InChI is InChI=1S/C29H41NO5/c1-20-8-9-24-28(2,23(20)13-17-33-22-11-15-30(16-12-22)18-26(31)32)14-10-25-29(24,3)19-34-27(35-25)21-6-4-5-7-21/h11-12,15-16,21,23-25,27H,1,4-10,13-14,17-19H2,2-3H3/p+1/t23-,24?,25-,27-,28+,29+/m1/s1. The minimum atomic E-state index is -0.853. The van der Waals surface area contributed by atoms with Crippen LogP contribution in [0.15, 0.2) is 36.7 Å². The molecule has 3 saturated carbocycles. The molecule has 6 atom stereocenters. The zero-order valence-electron chi connectivity index (χ0n) is 21.4. The fraction of sp³-hybridized carbons (Fsp3) is 0.724. The summed E-state index contributed by atoms with van der Waals surface area (Å²) in [5.41, 5.74) is 1.60. The zero-order valence-corrected chi connectivity index (χ0v) is 21.4. The molecule has 1 aromatic rings. The van der Waals surface area contributed by atoms with Gasteiger partial charge in [0.1, 0.15) is 5.75 Å². The molecule has 1 N–H and O–H groups in total. The molecule has 1 aliphatic heterocycles. The van der Waals surface area contributed by atoms with Gasteiger partial charge in [-0.05, 0) is 62.2 Å². The first-order valence-corrected chi connectivity index (χ1v) is 13.6. The van der Waals surface area contributed by atoms with Crippen LogP contribution in [0.2, 0.25) is 0 Å². The first kappa shape index (κ1) is 24.8. The number of fused-ring (bicyclic) bond motifs is 3. The predicted octanol–water partition coefficient (Wildman–Crippen LogP) is 5.15. The van der Waals surface area contributed by atoms with E-state index in [0.29, 0.717) is 30.5 Å². The Labute approximate surface area is 209 Å². The number of allylic oxidation sites excluding steroid dienone is 1. The van der Waals surface area contributed by atoms with Gasteiger partial charge in [0.05, 0.1) is 19.3 Å². The summed E-state index contributed by atoms with van der Waals surface area (Å²) in [7, 11) is 0. The molecule has 0 radical (unpaired) electrons. The lowest BCUT2D eigenvalue weighted by atomic mass is 9.46. The molecule has 1 aromatic heterocycles. The highest BCUT2D eigenvalue weighted by molar-refractivity contribution is 5.64. The molecule has 5 rings (SSSR count). The Morgan fingerprint density at radius 1 is 1.17 bits per heavy atom. The third kappa shape index (κ3) is 4.76. The Hall–Kier alpha value is -1.92. The van der Waals surface area contributed by atoms with Gasteiger partial charge in [0, 0.05) is 23.5 Å². The topological polar surface area (TPSA) is 68.9 Å². The van der Waals surface area contributed by atoms with Crippen LogP contribution in [-0.2, 0) is 20.8 Å². The van der Waals surface area contributed by atoms with Crippen molar-refractivity contribution in [1.82, 2.24) is 0 Å². The average molecular weight is 485 g/mol. The Morgan fingerprint density at radius 2 is 1.91 bits per heavy atom. The second-order valence-electron chi connectivity index (χ2n) is 11.9. The quantitative estimate of drug-likeness (QED) is 0.428. The molecule has 2 heterocycles. The van der Waals surface area contributed by atoms with Crippen LogP contribution in [-0.4, -0.2) is 36.7 Å². The van der Waals surface area contributed by atoms with Crippen LogP contribution in [0, 0.1) is 28.6 Å². The van der Waals surface area contributed by atoms with Crippen molar-refractivity contribution in [3.63, 3.8) is 0 Å². The van der Waals surface area contributed by atoms with Crippen LogP contribution in [0.5, 0.6) is 5.75 Å². The van der Waals surface area contributed by atoms with Gasteiger partial charge in [0.2, 0.25) is 6.54 Å². The van der Waals surface area contributed by atoms with Gasteiger partial charge in [-0.1, -0.05) is 38.8 Å². The summed E-state index contributed by atoms with van der Waals surface area (Å²) in [6.07, 6.45) is 14.4. The van der Waals surface area contributed by atoms with E-state index in [0.717, 1.165) is 31.6 Å². The summed E-state index contributed by atoms with van der Waals surface area (Å²) in [4.78, 5) is 10.9. The van der Waals surface area contributed by atoms with Crippen LogP contribution in [0.4, 0.5) is 0 Å². The third-order valence-corrected chi connectivity index (χ3v) is 9.81. The van der Waals surface area contributed by atoms with Crippen LogP contribution >= 0.6 is 0 Å². The summed E-state index contributed by atoms with van der Waals surface area (Å²) < 4.78 is 20.9. The molecule has 3 aliphatic carbocycles. The number of rotatable bonds is 7. The van der Waals surface area contributed by atoms with Gasteiger partial charge in [-0.25, -0.2) is 4.79 Å². The van der Waals surface area contributed by atoms with Crippen LogP contribution in [0.1, 0.15) is 71.6 Å². The number of pyridine rings is 1. The minimum Gasteiger partial charge on any atom is -0.493 e. The molecule has 0 spiro atoms. The molecule has 6 heteroatoms. The van der Waals surface area contributed by atoms with E-state index >= 15 is 0 Å². The molecule has 192 valence electrons. The van der Waals surface area contributed by atoms with Gasteiger partial charge in [-0.15, -0.1) is 0 Å². The monoisotopic (exact) mass is 484 g/mol. The number of nitrogens with zero attached hydrogens (tertiary/aromatic N) is 1. The first-order chi connectivity index (χ1) is 16.8. The van der Waals surface area contributed by atoms with Crippen molar-refractivity contribution in [2.24, 2.45) is 28.6 Å². The number of aliphatic carboxylic acids is 1. The second-order valence-corrected chi connectivity index (χ2v) is 11.9. The molecule has 4 aliphatic rings. The molecule has 0 aromatic carbocycles. The van der Waals surface area contributed by atoms with Gasteiger partial charge >= 0.3 is 5.97 Å². The molecule has 0 amide bonds. The molecule has 1 unspecified atom stereocenters. The zero-order chi connectivity index (χ0) is 24.6. The molecule has 35 heavy (non-hydrogen) atoms.